The molecule has 0 radical (unpaired) electrons. The van der Waals surface area contributed by atoms with E-state index in [1.165, 1.54) is 22.7 Å². The molecule has 1 atom stereocenters. The summed E-state index contributed by atoms with van der Waals surface area (Å²) >= 11 is 2.73. The zero-order valence-electron chi connectivity index (χ0n) is 23.4. The van der Waals surface area contributed by atoms with E-state index in [1.54, 1.807) is 30.6 Å². The summed E-state index contributed by atoms with van der Waals surface area (Å²) in [6, 6.07) is 23.8. The van der Waals surface area contributed by atoms with Crippen LogP contribution in [-0.2, 0) is 14.3 Å². The lowest BCUT2D eigenvalue weighted by Crippen LogP contribution is -2.40. The largest absolute Gasteiger partial charge is 0.481 e. The van der Waals surface area contributed by atoms with Crippen LogP contribution in [0.2, 0.25) is 0 Å². The van der Waals surface area contributed by atoms with Crippen molar-refractivity contribution in [1.82, 2.24) is 4.57 Å². The molecule has 0 unspecified atom stereocenters. The number of anilines is 1. The number of aromatic nitrogens is 1. The fourth-order valence-corrected chi connectivity index (χ4v) is 6.92. The molecule has 10 heteroatoms. The van der Waals surface area contributed by atoms with Crippen LogP contribution < -0.4 is 24.9 Å². The van der Waals surface area contributed by atoms with E-state index in [4.69, 9.17) is 14.5 Å². The molecule has 0 aliphatic carbocycles. The third-order valence-electron chi connectivity index (χ3n) is 6.97. The fourth-order valence-electron chi connectivity index (χ4n) is 5.07. The lowest BCUT2D eigenvalue weighted by Gasteiger charge is -2.24. The van der Waals surface area contributed by atoms with Crippen LogP contribution in [0.5, 0.6) is 5.75 Å². The summed E-state index contributed by atoms with van der Waals surface area (Å²) in [7, 11) is 0. The number of carbonyl (C=O) groups is 2. The molecule has 6 rings (SSSR count). The quantitative estimate of drug-likeness (QED) is 0.249. The number of carbonyl (C=O) groups excluding carboxylic acids is 2. The molecule has 2 aromatic heterocycles. The lowest BCUT2D eigenvalue weighted by molar-refractivity contribution is -0.145. The Hall–Kier alpha value is -4.80. The zero-order chi connectivity index (χ0) is 29.9. The minimum absolute atomic E-state index is 0.254. The van der Waals surface area contributed by atoms with Crippen LogP contribution in [0.4, 0.5) is 5.69 Å². The molecular formula is C33H27N3O5S2. The Morgan fingerprint density at radius 2 is 1.81 bits per heavy atom. The van der Waals surface area contributed by atoms with Crippen LogP contribution in [0.25, 0.3) is 16.8 Å². The minimum atomic E-state index is -0.644. The highest BCUT2D eigenvalue weighted by molar-refractivity contribution is 7.10. The molecule has 0 fully saturated rings. The van der Waals surface area contributed by atoms with E-state index >= 15 is 0 Å². The molecule has 0 spiro atoms. The molecular weight excluding hydrogens is 583 g/mol. The van der Waals surface area contributed by atoms with Crippen molar-refractivity contribution in [2.45, 2.75) is 19.9 Å². The highest BCUT2D eigenvalue weighted by atomic mass is 32.1. The molecule has 1 N–H and O–H groups in total. The molecule has 3 heterocycles. The van der Waals surface area contributed by atoms with Crippen molar-refractivity contribution in [2.24, 2.45) is 4.99 Å². The second-order valence-electron chi connectivity index (χ2n) is 9.71. The minimum Gasteiger partial charge on any atom is -0.481 e. The third kappa shape index (κ3) is 5.67. The third-order valence-corrected chi connectivity index (χ3v) is 8.88. The first-order valence-corrected chi connectivity index (χ1v) is 15.4. The number of esters is 1. The normalized spacial score (nSPS) is 14.7. The Morgan fingerprint density at radius 1 is 1.02 bits per heavy atom. The predicted molar refractivity (Wildman–Crippen MR) is 169 cm³/mol. The number of hydrogen-bond acceptors (Lipinski definition) is 8. The summed E-state index contributed by atoms with van der Waals surface area (Å²) in [6.45, 7) is 3.53. The summed E-state index contributed by atoms with van der Waals surface area (Å²) in [5.41, 5.74) is 2.00. The van der Waals surface area contributed by atoms with Crippen molar-refractivity contribution >= 4 is 57.1 Å². The van der Waals surface area contributed by atoms with E-state index < -0.39 is 12.0 Å². The maximum atomic E-state index is 14.2. The maximum Gasteiger partial charge on any atom is 0.344 e. The van der Waals surface area contributed by atoms with Gasteiger partial charge in [0, 0.05) is 16.1 Å². The Bertz CT molecular complexity index is 2040. The highest BCUT2D eigenvalue weighted by Crippen LogP contribution is 2.33. The summed E-state index contributed by atoms with van der Waals surface area (Å²) in [5, 5.41) is 6.71. The molecule has 3 aromatic carbocycles. The second-order valence-corrected chi connectivity index (χ2v) is 11.7. The molecule has 0 saturated heterocycles. The molecule has 216 valence electrons. The number of allylic oxidation sites excluding steroid dienone is 1. The lowest BCUT2D eigenvalue weighted by atomic mass is 10.0. The van der Waals surface area contributed by atoms with Gasteiger partial charge in [0.1, 0.15) is 11.8 Å². The van der Waals surface area contributed by atoms with Crippen molar-refractivity contribution < 1.29 is 19.1 Å². The van der Waals surface area contributed by atoms with Crippen LogP contribution >= 0.6 is 22.7 Å². The van der Waals surface area contributed by atoms with Gasteiger partial charge in [-0.3, -0.25) is 14.2 Å². The summed E-state index contributed by atoms with van der Waals surface area (Å²) in [4.78, 5) is 46.0. The summed E-state index contributed by atoms with van der Waals surface area (Å²) < 4.78 is 12.9. The smallest absolute Gasteiger partial charge is 0.344 e. The summed E-state index contributed by atoms with van der Waals surface area (Å²) in [5.74, 6) is -0.343. The van der Waals surface area contributed by atoms with Crippen molar-refractivity contribution in [3.8, 4) is 5.75 Å². The molecule has 1 amide bonds. The van der Waals surface area contributed by atoms with Gasteiger partial charge in [0.2, 0.25) is 0 Å². The first kappa shape index (κ1) is 28.3. The van der Waals surface area contributed by atoms with Crippen molar-refractivity contribution in [3.05, 3.63) is 126 Å². The number of benzene rings is 3. The van der Waals surface area contributed by atoms with Gasteiger partial charge in [-0.2, -0.15) is 0 Å². The number of amides is 1. The van der Waals surface area contributed by atoms with E-state index in [2.05, 4.69) is 5.32 Å². The molecule has 1 aliphatic heterocycles. The number of fused-ring (bicyclic) bond motifs is 2. The standard InChI is InChI=1S/C33H27N3O5S2/c1-3-40-28(37)19-41-25-16-15-21-10-7-8-13-23(21)24(25)18-27-32(39)36-30(26-14-9-17-42-26)29(20(2)34-33(36)43-27)31(38)35-22-11-5-4-6-12-22/h4-18,30H,3,19H2,1-2H3,(H,35,38)/b27-18-/t30-/m1/s1. The number of ether oxygens (including phenoxy) is 2. The van der Waals surface area contributed by atoms with Crippen molar-refractivity contribution in [1.29, 1.82) is 0 Å². The first-order chi connectivity index (χ1) is 20.9. The Morgan fingerprint density at radius 3 is 2.58 bits per heavy atom. The van der Waals surface area contributed by atoms with Crippen LogP contribution in [0.3, 0.4) is 0 Å². The van der Waals surface area contributed by atoms with Crippen LogP contribution in [0.1, 0.15) is 30.3 Å². The van der Waals surface area contributed by atoms with E-state index in [9.17, 15) is 14.4 Å². The topological polar surface area (TPSA) is 99.0 Å². The van der Waals surface area contributed by atoms with Gasteiger partial charge in [0.25, 0.3) is 11.5 Å². The summed E-state index contributed by atoms with van der Waals surface area (Å²) in [6.07, 6.45) is 1.78. The number of thiazole rings is 1. The fraction of sp³-hybridized carbons (Fsp3) is 0.152. The van der Waals surface area contributed by atoms with E-state index in [-0.39, 0.29) is 24.7 Å². The monoisotopic (exact) mass is 609 g/mol. The molecule has 1 aliphatic rings. The van der Waals surface area contributed by atoms with Crippen LogP contribution in [0.15, 0.2) is 105 Å². The van der Waals surface area contributed by atoms with Crippen molar-refractivity contribution in [3.63, 3.8) is 0 Å². The number of thiophene rings is 1. The van der Waals surface area contributed by atoms with E-state index in [0.29, 0.717) is 37.6 Å². The maximum absolute atomic E-state index is 14.2. The number of nitrogens with zero attached hydrogens (tertiary/aromatic N) is 2. The second kappa shape index (κ2) is 12.2. The van der Waals surface area contributed by atoms with Crippen molar-refractivity contribution in [2.75, 3.05) is 18.5 Å². The van der Waals surface area contributed by atoms with Gasteiger partial charge in [-0.1, -0.05) is 65.9 Å². The SMILES string of the molecule is CCOC(=O)COc1ccc2ccccc2c1/C=c1\sc2n(c1=O)[C@H](c1cccs1)C(C(=O)Nc1ccccc1)=C(C)N=2. The van der Waals surface area contributed by atoms with Gasteiger partial charge < -0.3 is 14.8 Å². The molecule has 5 aromatic rings. The number of hydrogen-bond donors (Lipinski definition) is 1. The van der Waals surface area contributed by atoms with Gasteiger partial charge in [0.05, 0.1) is 22.4 Å². The number of nitrogens with one attached hydrogen (secondary N) is 1. The average molecular weight is 610 g/mol. The zero-order valence-corrected chi connectivity index (χ0v) is 25.0. The van der Waals surface area contributed by atoms with Crippen LogP contribution in [0, 0.1) is 0 Å². The molecule has 8 nitrogen and oxygen atoms in total. The van der Waals surface area contributed by atoms with Gasteiger partial charge in [-0.15, -0.1) is 11.3 Å². The van der Waals surface area contributed by atoms with Gasteiger partial charge in [-0.05, 0) is 60.3 Å². The van der Waals surface area contributed by atoms with Gasteiger partial charge in [0.15, 0.2) is 11.4 Å². The van der Waals surface area contributed by atoms with Gasteiger partial charge in [-0.25, -0.2) is 9.79 Å². The first-order valence-electron chi connectivity index (χ1n) is 13.7. The van der Waals surface area contributed by atoms with E-state index in [0.717, 1.165) is 15.6 Å². The predicted octanol–water partition coefficient (Wildman–Crippen LogP) is 5.03. The Labute approximate surface area is 254 Å². The number of rotatable bonds is 8. The molecule has 0 saturated carbocycles. The van der Waals surface area contributed by atoms with E-state index in [1.807, 2.05) is 78.2 Å². The average Bonchev–Trinajstić information content (AvgIpc) is 3.65. The molecule has 0 bridgehead atoms. The molecule has 43 heavy (non-hydrogen) atoms. The Kier molecular flexibility index (Phi) is 8.04. The Balaban J connectivity index is 1.49. The van der Waals surface area contributed by atoms with Gasteiger partial charge >= 0.3 is 5.97 Å². The highest BCUT2D eigenvalue weighted by Gasteiger charge is 2.33. The van der Waals surface area contributed by atoms with Crippen LogP contribution in [-0.4, -0.2) is 29.7 Å². The number of para-hydroxylation sites is 1.